The molecular weight excluding hydrogens is 356 g/mol. The summed E-state index contributed by atoms with van der Waals surface area (Å²) in [5.41, 5.74) is -0.579. The fourth-order valence-corrected chi connectivity index (χ4v) is 8.92. The summed E-state index contributed by atoms with van der Waals surface area (Å²) in [6.45, 7) is 4.68. The minimum absolute atomic E-state index is 0.0622. The van der Waals surface area contributed by atoms with Crippen LogP contribution < -0.4 is 0 Å². The number of carbonyl (C=O) groups is 3. The molecule has 5 fully saturated rings. The van der Waals surface area contributed by atoms with Gasteiger partial charge in [-0.25, -0.2) is 0 Å². The lowest BCUT2D eigenvalue weighted by Crippen LogP contribution is -2.50. The van der Waals surface area contributed by atoms with Gasteiger partial charge in [0.25, 0.3) is 0 Å². The number of methoxy groups -OCH3 is 2. The predicted octanol–water partition coefficient (Wildman–Crippen LogP) is 3.25. The summed E-state index contributed by atoms with van der Waals surface area (Å²) in [5.74, 6) is 1.32. The third kappa shape index (κ3) is 1.96. The molecule has 5 nitrogen and oxygen atoms in total. The van der Waals surface area contributed by atoms with E-state index in [9.17, 15) is 14.4 Å². The fraction of sp³-hybridized carbons (Fsp3) is 0.870. The smallest absolute Gasteiger partial charge is 0.309 e. The predicted molar refractivity (Wildman–Crippen MR) is 101 cm³/mol. The second kappa shape index (κ2) is 5.82. The summed E-state index contributed by atoms with van der Waals surface area (Å²) in [6.07, 6.45) is 5.64. The van der Waals surface area contributed by atoms with Gasteiger partial charge >= 0.3 is 11.9 Å². The van der Waals surface area contributed by atoms with E-state index in [1.165, 1.54) is 20.6 Å². The van der Waals surface area contributed by atoms with E-state index in [4.69, 9.17) is 9.47 Å². The zero-order valence-corrected chi connectivity index (χ0v) is 17.4. The standard InChI is InChI=1S/C23H32O5/c1-11-12(2)15-7-13(11)9-22(15)5-6-23(21(22)26)10-14-8-16(23)18(20(25)28-4)17(14)19(24)27-3/h11-18H,5-10H2,1-4H3. The van der Waals surface area contributed by atoms with Gasteiger partial charge in [-0.05, 0) is 74.0 Å². The Kier molecular flexibility index (Phi) is 3.87. The van der Waals surface area contributed by atoms with Gasteiger partial charge in [-0.15, -0.1) is 0 Å². The SMILES string of the molecule is COC(=O)C1C2CC(C1C(=O)OC)C1(CCC3(CC4CC3C(C)C4C)C1=O)C2. The first-order chi connectivity index (χ1) is 13.3. The maximum absolute atomic E-state index is 14.1. The first-order valence-electron chi connectivity index (χ1n) is 11.0. The van der Waals surface area contributed by atoms with Gasteiger partial charge in [0.15, 0.2) is 0 Å². The average Bonchev–Trinajstić information content (AvgIpc) is 3.47. The molecule has 10 unspecified atom stereocenters. The summed E-state index contributed by atoms with van der Waals surface area (Å²) >= 11 is 0. The number of carbonyl (C=O) groups excluding carboxylic acids is 3. The van der Waals surface area contributed by atoms with Crippen LogP contribution in [0.15, 0.2) is 0 Å². The van der Waals surface area contributed by atoms with Gasteiger partial charge in [-0.1, -0.05) is 13.8 Å². The van der Waals surface area contributed by atoms with Gasteiger partial charge in [0, 0.05) is 10.8 Å². The molecule has 5 heteroatoms. The van der Waals surface area contributed by atoms with Crippen LogP contribution in [0.5, 0.6) is 0 Å². The highest BCUT2D eigenvalue weighted by Crippen LogP contribution is 2.74. The average molecular weight is 389 g/mol. The number of hydrogen-bond acceptors (Lipinski definition) is 5. The maximum Gasteiger partial charge on any atom is 0.309 e. The molecule has 0 aliphatic heterocycles. The van der Waals surface area contributed by atoms with Crippen molar-refractivity contribution in [3.05, 3.63) is 0 Å². The molecule has 0 aromatic rings. The summed E-state index contributed by atoms with van der Waals surface area (Å²) in [7, 11) is 2.76. The lowest BCUT2D eigenvalue weighted by Gasteiger charge is -2.43. The highest BCUT2D eigenvalue weighted by atomic mass is 16.5. The molecule has 5 saturated carbocycles. The Bertz CT molecular complexity index is 743. The Hall–Kier alpha value is -1.39. The molecule has 5 rings (SSSR count). The Labute approximate surface area is 166 Å². The minimum atomic E-state index is -0.523. The summed E-state index contributed by atoms with van der Waals surface area (Å²) < 4.78 is 10.1. The Morgan fingerprint density at radius 2 is 1.36 bits per heavy atom. The molecule has 5 aliphatic carbocycles. The molecule has 0 heterocycles. The van der Waals surface area contributed by atoms with Crippen molar-refractivity contribution in [3.8, 4) is 0 Å². The zero-order chi connectivity index (χ0) is 20.0. The minimum Gasteiger partial charge on any atom is -0.469 e. The Morgan fingerprint density at radius 1 is 0.821 bits per heavy atom. The first-order valence-corrected chi connectivity index (χ1v) is 11.0. The second-order valence-electron chi connectivity index (χ2n) is 10.6. The lowest BCUT2D eigenvalue weighted by molar-refractivity contribution is -0.165. The van der Waals surface area contributed by atoms with Gasteiger partial charge in [0.2, 0.25) is 0 Å². The van der Waals surface area contributed by atoms with E-state index >= 15 is 0 Å². The van der Waals surface area contributed by atoms with E-state index in [0.29, 0.717) is 29.5 Å². The molecule has 0 radical (unpaired) electrons. The highest BCUT2D eigenvalue weighted by molar-refractivity contribution is 5.96. The van der Waals surface area contributed by atoms with Gasteiger partial charge in [-0.2, -0.15) is 0 Å². The normalized spacial score (nSPS) is 53.5. The quantitative estimate of drug-likeness (QED) is 0.679. The molecule has 4 bridgehead atoms. The number of ketones is 1. The fourth-order valence-electron chi connectivity index (χ4n) is 8.92. The maximum atomic E-state index is 14.1. The van der Waals surface area contributed by atoms with E-state index < -0.39 is 17.3 Å². The number of ether oxygens (including phenoxy) is 2. The van der Waals surface area contributed by atoms with E-state index in [2.05, 4.69) is 13.8 Å². The van der Waals surface area contributed by atoms with Crippen LogP contribution in [-0.2, 0) is 23.9 Å². The summed E-state index contributed by atoms with van der Waals surface area (Å²) in [4.78, 5) is 39.2. The van der Waals surface area contributed by atoms with E-state index in [0.717, 1.165) is 32.1 Å². The Morgan fingerprint density at radius 3 is 1.93 bits per heavy atom. The van der Waals surface area contributed by atoms with E-state index in [-0.39, 0.29) is 29.2 Å². The number of rotatable bonds is 2. The number of Topliss-reactive ketones (excluding diaryl/α,β-unsaturated/α-hetero) is 1. The summed E-state index contributed by atoms with van der Waals surface area (Å²) in [5, 5.41) is 0. The van der Waals surface area contributed by atoms with Crippen LogP contribution in [0, 0.1) is 58.2 Å². The molecule has 0 aromatic carbocycles. The highest BCUT2D eigenvalue weighted by Gasteiger charge is 2.74. The molecule has 5 aliphatic rings. The molecule has 10 atom stereocenters. The number of fused-ring (bicyclic) bond motifs is 6. The third-order valence-corrected chi connectivity index (χ3v) is 10.2. The van der Waals surface area contributed by atoms with Crippen LogP contribution >= 0.6 is 0 Å². The van der Waals surface area contributed by atoms with Crippen LogP contribution in [0.2, 0.25) is 0 Å². The van der Waals surface area contributed by atoms with Crippen molar-refractivity contribution < 1.29 is 23.9 Å². The van der Waals surface area contributed by atoms with Crippen molar-refractivity contribution in [3.63, 3.8) is 0 Å². The van der Waals surface area contributed by atoms with Gasteiger partial charge in [0.05, 0.1) is 26.1 Å². The molecule has 154 valence electrons. The molecule has 2 spiro atoms. The van der Waals surface area contributed by atoms with Crippen LogP contribution in [0.25, 0.3) is 0 Å². The molecule has 0 aromatic heterocycles. The number of hydrogen-bond donors (Lipinski definition) is 0. The van der Waals surface area contributed by atoms with Crippen LogP contribution in [0.3, 0.4) is 0 Å². The Balaban J connectivity index is 1.49. The zero-order valence-electron chi connectivity index (χ0n) is 17.4. The molecule has 0 saturated heterocycles. The van der Waals surface area contributed by atoms with Gasteiger partial charge < -0.3 is 9.47 Å². The second-order valence-corrected chi connectivity index (χ2v) is 10.6. The van der Waals surface area contributed by atoms with Crippen molar-refractivity contribution in [1.82, 2.24) is 0 Å². The van der Waals surface area contributed by atoms with Crippen LogP contribution in [0.4, 0.5) is 0 Å². The first kappa shape index (κ1) is 18.6. The van der Waals surface area contributed by atoms with Crippen molar-refractivity contribution in [2.75, 3.05) is 14.2 Å². The van der Waals surface area contributed by atoms with Gasteiger partial charge in [-0.3, -0.25) is 14.4 Å². The van der Waals surface area contributed by atoms with Crippen molar-refractivity contribution >= 4 is 17.7 Å². The van der Waals surface area contributed by atoms with Crippen LogP contribution in [0.1, 0.15) is 52.4 Å². The lowest BCUT2D eigenvalue weighted by atomic mass is 9.58. The largest absolute Gasteiger partial charge is 0.469 e. The topological polar surface area (TPSA) is 69.7 Å². The molecule has 0 amide bonds. The third-order valence-electron chi connectivity index (χ3n) is 10.2. The molecule has 0 N–H and O–H groups in total. The van der Waals surface area contributed by atoms with Gasteiger partial charge in [0.1, 0.15) is 5.78 Å². The monoisotopic (exact) mass is 388 g/mol. The number of esters is 2. The van der Waals surface area contributed by atoms with E-state index in [1.54, 1.807) is 0 Å². The van der Waals surface area contributed by atoms with Crippen molar-refractivity contribution in [2.24, 2.45) is 58.2 Å². The van der Waals surface area contributed by atoms with Crippen molar-refractivity contribution in [1.29, 1.82) is 0 Å². The molecule has 28 heavy (non-hydrogen) atoms. The van der Waals surface area contributed by atoms with Crippen molar-refractivity contribution in [2.45, 2.75) is 52.4 Å². The summed E-state index contributed by atoms with van der Waals surface area (Å²) in [6, 6.07) is 0. The van der Waals surface area contributed by atoms with E-state index in [1.807, 2.05) is 0 Å². The van der Waals surface area contributed by atoms with Crippen LogP contribution in [-0.4, -0.2) is 31.9 Å². The molecular formula is C23H32O5.